The molecule has 1 aliphatic rings. The smallest absolute Gasteiger partial charge is 0.306 e. The van der Waals surface area contributed by atoms with Gasteiger partial charge in [-0.15, -0.1) is 0 Å². The van der Waals surface area contributed by atoms with Gasteiger partial charge in [0.1, 0.15) is 0 Å². The van der Waals surface area contributed by atoms with Crippen LogP contribution >= 0.6 is 0 Å². The predicted molar refractivity (Wildman–Crippen MR) is 59.6 cm³/mol. The van der Waals surface area contributed by atoms with Gasteiger partial charge in [0.2, 0.25) is 0 Å². The topological polar surface area (TPSA) is 95.1 Å². The number of hydrogen-bond donors (Lipinski definition) is 3. The highest BCUT2D eigenvalue weighted by Gasteiger charge is 2.30. The van der Waals surface area contributed by atoms with Crippen molar-refractivity contribution >= 4 is 11.9 Å². The molecule has 1 aliphatic carbocycles. The summed E-state index contributed by atoms with van der Waals surface area (Å²) in [6.07, 6.45) is 3.34. The summed E-state index contributed by atoms with van der Waals surface area (Å²) in [4.78, 5) is 22.6. The molecule has 0 bridgehead atoms. The van der Waals surface area contributed by atoms with Crippen LogP contribution in [0.4, 0.5) is 0 Å². The lowest BCUT2D eigenvalue weighted by molar-refractivity contribution is -0.141. The minimum absolute atomic E-state index is 0.0436. The van der Waals surface area contributed by atoms with Gasteiger partial charge in [0.05, 0.1) is 17.7 Å². The molecule has 1 aromatic heterocycles. The SMILES string of the molecule is Cc1[nH]ncc1C(=O)N[C@H]1CC[C@@H](C(=O)O)C1. The molecule has 0 aromatic carbocycles. The summed E-state index contributed by atoms with van der Waals surface area (Å²) in [6, 6.07) is -0.0436. The van der Waals surface area contributed by atoms with E-state index >= 15 is 0 Å². The third kappa shape index (κ3) is 2.46. The second-order valence-corrected chi connectivity index (χ2v) is 4.43. The number of carbonyl (C=O) groups is 2. The Morgan fingerprint density at radius 3 is 2.82 bits per heavy atom. The molecule has 1 heterocycles. The lowest BCUT2D eigenvalue weighted by atomic mass is 10.1. The number of H-pyrrole nitrogens is 1. The summed E-state index contributed by atoms with van der Waals surface area (Å²) in [6.45, 7) is 1.77. The summed E-state index contributed by atoms with van der Waals surface area (Å²) in [5.41, 5.74) is 1.24. The number of aromatic nitrogens is 2. The third-order valence-electron chi connectivity index (χ3n) is 3.19. The molecule has 1 saturated carbocycles. The maximum Gasteiger partial charge on any atom is 0.306 e. The normalized spacial score (nSPS) is 23.6. The van der Waals surface area contributed by atoms with E-state index in [2.05, 4.69) is 15.5 Å². The highest BCUT2D eigenvalue weighted by molar-refractivity contribution is 5.95. The molecule has 1 amide bonds. The largest absolute Gasteiger partial charge is 0.481 e. The van der Waals surface area contributed by atoms with E-state index in [1.807, 2.05) is 0 Å². The Hall–Kier alpha value is -1.85. The van der Waals surface area contributed by atoms with E-state index in [0.29, 0.717) is 18.4 Å². The van der Waals surface area contributed by atoms with Crippen molar-refractivity contribution in [1.82, 2.24) is 15.5 Å². The van der Waals surface area contributed by atoms with Crippen molar-refractivity contribution in [2.45, 2.75) is 32.2 Å². The van der Waals surface area contributed by atoms with Crippen LogP contribution in [0.25, 0.3) is 0 Å². The first-order valence-electron chi connectivity index (χ1n) is 5.61. The number of aryl methyl sites for hydroxylation is 1. The molecular weight excluding hydrogens is 222 g/mol. The summed E-state index contributed by atoms with van der Waals surface area (Å²) < 4.78 is 0. The summed E-state index contributed by atoms with van der Waals surface area (Å²) >= 11 is 0. The number of carbonyl (C=O) groups excluding carboxylic acids is 1. The monoisotopic (exact) mass is 237 g/mol. The van der Waals surface area contributed by atoms with E-state index in [1.54, 1.807) is 6.92 Å². The maximum atomic E-state index is 11.8. The molecule has 3 N–H and O–H groups in total. The Morgan fingerprint density at radius 1 is 1.53 bits per heavy atom. The zero-order chi connectivity index (χ0) is 12.4. The zero-order valence-corrected chi connectivity index (χ0v) is 9.56. The Bertz CT molecular complexity index is 441. The fourth-order valence-corrected chi connectivity index (χ4v) is 2.18. The van der Waals surface area contributed by atoms with Gasteiger partial charge < -0.3 is 10.4 Å². The second-order valence-electron chi connectivity index (χ2n) is 4.43. The second kappa shape index (κ2) is 4.57. The minimum atomic E-state index is -0.777. The van der Waals surface area contributed by atoms with Gasteiger partial charge in [-0.25, -0.2) is 0 Å². The first-order valence-corrected chi connectivity index (χ1v) is 5.61. The van der Waals surface area contributed by atoms with Crippen molar-refractivity contribution in [3.63, 3.8) is 0 Å². The molecule has 2 rings (SSSR count). The average Bonchev–Trinajstić information content (AvgIpc) is 2.86. The van der Waals surface area contributed by atoms with Gasteiger partial charge in [0.15, 0.2) is 0 Å². The first kappa shape index (κ1) is 11.6. The van der Waals surface area contributed by atoms with Crippen LogP contribution < -0.4 is 5.32 Å². The molecule has 0 saturated heterocycles. The van der Waals surface area contributed by atoms with Crippen molar-refractivity contribution in [3.05, 3.63) is 17.5 Å². The van der Waals surface area contributed by atoms with Gasteiger partial charge >= 0.3 is 5.97 Å². The van der Waals surface area contributed by atoms with E-state index in [9.17, 15) is 9.59 Å². The molecule has 2 atom stereocenters. The molecule has 0 aliphatic heterocycles. The molecule has 17 heavy (non-hydrogen) atoms. The van der Waals surface area contributed by atoms with E-state index in [-0.39, 0.29) is 17.9 Å². The standard InChI is InChI=1S/C11H15N3O3/c1-6-9(5-12-14-6)10(15)13-8-3-2-7(4-8)11(16)17/h5,7-8H,2-4H2,1H3,(H,12,14)(H,13,15)(H,16,17)/t7-,8+/m1/s1. The zero-order valence-electron chi connectivity index (χ0n) is 9.56. The number of carboxylic acids is 1. The summed E-state index contributed by atoms with van der Waals surface area (Å²) in [5, 5.41) is 18.2. The lowest BCUT2D eigenvalue weighted by Crippen LogP contribution is -2.33. The average molecular weight is 237 g/mol. The number of aliphatic carboxylic acids is 1. The van der Waals surface area contributed by atoms with Gasteiger partial charge in [-0.3, -0.25) is 14.7 Å². The van der Waals surface area contributed by atoms with Crippen molar-refractivity contribution in [2.24, 2.45) is 5.92 Å². The van der Waals surface area contributed by atoms with Gasteiger partial charge in [0.25, 0.3) is 5.91 Å². The molecule has 92 valence electrons. The van der Waals surface area contributed by atoms with Crippen molar-refractivity contribution in [1.29, 1.82) is 0 Å². The van der Waals surface area contributed by atoms with Crippen LogP contribution in [0.1, 0.15) is 35.3 Å². The number of aromatic amines is 1. The van der Waals surface area contributed by atoms with Crippen molar-refractivity contribution in [2.75, 3.05) is 0 Å². The van der Waals surface area contributed by atoms with Gasteiger partial charge in [-0.05, 0) is 26.2 Å². The number of carboxylic acid groups (broad SMARTS) is 1. The maximum absolute atomic E-state index is 11.8. The minimum Gasteiger partial charge on any atom is -0.481 e. The molecule has 6 nitrogen and oxygen atoms in total. The fourth-order valence-electron chi connectivity index (χ4n) is 2.18. The predicted octanol–water partition coefficient (Wildman–Crippen LogP) is 0.701. The Labute approximate surface area is 98.4 Å². The Balaban J connectivity index is 1.93. The van der Waals surface area contributed by atoms with Crippen LogP contribution in [0, 0.1) is 12.8 Å². The highest BCUT2D eigenvalue weighted by atomic mass is 16.4. The van der Waals surface area contributed by atoms with E-state index in [1.165, 1.54) is 6.20 Å². The number of nitrogens with zero attached hydrogens (tertiary/aromatic N) is 1. The van der Waals surface area contributed by atoms with Crippen LogP contribution in [-0.2, 0) is 4.79 Å². The number of amides is 1. The quantitative estimate of drug-likeness (QED) is 0.721. The van der Waals surface area contributed by atoms with E-state index < -0.39 is 5.97 Å². The molecule has 1 fully saturated rings. The first-order chi connectivity index (χ1) is 8.08. The van der Waals surface area contributed by atoms with Crippen molar-refractivity contribution in [3.8, 4) is 0 Å². The van der Waals surface area contributed by atoms with Crippen LogP contribution in [-0.4, -0.2) is 33.2 Å². The van der Waals surface area contributed by atoms with E-state index in [4.69, 9.17) is 5.11 Å². The molecule has 0 unspecified atom stereocenters. The summed E-state index contributed by atoms with van der Waals surface area (Å²) in [7, 11) is 0. The van der Waals surface area contributed by atoms with Gasteiger partial charge in [-0.1, -0.05) is 0 Å². The lowest BCUT2D eigenvalue weighted by Gasteiger charge is -2.11. The van der Waals surface area contributed by atoms with Crippen LogP contribution in [0.5, 0.6) is 0 Å². The number of hydrogen-bond acceptors (Lipinski definition) is 3. The molecule has 1 aromatic rings. The third-order valence-corrected chi connectivity index (χ3v) is 3.19. The molecule has 6 heteroatoms. The fraction of sp³-hybridized carbons (Fsp3) is 0.545. The highest BCUT2D eigenvalue weighted by Crippen LogP contribution is 2.25. The van der Waals surface area contributed by atoms with Crippen LogP contribution in [0.15, 0.2) is 6.20 Å². The van der Waals surface area contributed by atoms with Gasteiger partial charge in [-0.2, -0.15) is 5.10 Å². The van der Waals surface area contributed by atoms with Gasteiger partial charge in [0, 0.05) is 11.7 Å². The van der Waals surface area contributed by atoms with Crippen LogP contribution in [0.2, 0.25) is 0 Å². The molecule has 0 spiro atoms. The summed E-state index contributed by atoms with van der Waals surface area (Å²) in [5.74, 6) is -1.29. The molecule has 0 radical (unpaired) electrons. The Kier molecular flexibility index (Phi) is 3.12. The number of nitrogens with one attached hydrogen (secondary N) is 2. The van der Waals surface area contributed by atoms with E-state index in [0.717, 1.165) is 12.1 Å². The molecular formula is C11H15N3O3. The van der Waals surface area contributed by atoms with Crippen molar-refractivity contribution < 1.29 is 14.7 Å². The number of rotatable bonds is 3. The van der Waals surface area contributed by atoms with Crippen LogP contribution in [0.3, 0.4) is 0 Å². The Morgan fingerprint density at radius 2 is 2.29 bits per heavy atom.